The number of hydrogen-bond acceptors (Lipinski definition) is 3. The quantitative estimate of drug-likeness (QED) is 0.473. The van der Waals surface area contributed by atoms with Gasteiger partial charge in [0.15, 0.2) is 0 Å². The second kappa shape index (κ2) is 7.43. The van der Waals surface area contributed by atoms with Gasteiger partial charge in [-0.1, -0.05) is 19.9 Å². The molecule has 4 heteroatoms. The molecule has 0 aromatic rings. The highest BCUT2D eigenvalue weighted by molar-refractivity contribution is 5.79. The molecule has 0 aliphatic heterocycles. The lowest BCUT2D eigenvalue weighted by Gasteiger charge is -2.24. The fraction of sp³-hybridized carbons (Fsp3) is 0.727. The molecule has 0 aliphatic carbocycles. The van der Waals surface area contributed by atoms with E-state index in [0.717, 1.165) is 25.6 Å². The molecule has 0 saturated heterocycles. The lowest BCUT2D eigenvalue weighted by molar-refractivity contribution is -0.131. The average molecular weight is 215 g/mol. The molecule has 88 valence electrons. The zero-order chi connectivity index (χ0) is 11.7. The molecular weight excluding hydrogens is 194 g/mol. The van der Waals surface area contributed by atoms with Crippen LogP contribution in [0.15, 0.2) is 12.2 Å². The van der Waals surface area contributed by atoms with E-state index in [-0.39, 0.29) is 5.41 Å². The molecule has 0 rings (SSSR count). The van der Waals surface area contributed by atoms with E-state index in [1.165, 1.54) is 0 Å². The van der Waals surface area contributed by atoms with Gasteiger partial charge in [-0.3, -0.25) is 0 Å². The highest BCUT2D eigenvalue weighted by Crippen LogP contribution is 2.18. The first kappa shape index (κ1) is 14.1. The number of carbonyl (C=O) groups is 1. The maximum absolute atomic E-state index is 10.2. The Hall–Kier alpha value is -0.870. The Labute approximate surface area is 91.3 Å². The predicted molar refractivity (Wildman–Crippen MR) is 59.9 cm³/mol. The number of rotatable bonds is 8. The van der Waals surface area contributed by atoms with Gasteiger partial charge in [0.05, 0.1) is 0 Å². The SMILES string of the molecule is COCCC(C)(C)CNC/C=C/C(=O)O. The molecule has 0 saturated carbocycles. The first-order valence-corrected chi connectivity index (χ1v) is 5.07. The summed E-state index contributed by atoms with van der Waals surface area (Å²) in [4.78, 5) is 10.2. The van der Waals surface area contributed by atoms with E-state index in [9.17, 15) is 4.79 Å². The van der Waals surface area contributed by atoms with Gasteiger partial charge in [-0.05, 0) is 11.8 Å². The molecule has 0 amide bonds. The second-order valence-corrected chi connectivity index (χ2v) is 4.28. The maximum Gasteiger partial charge on any atom is 0.328 e. The van der Waals surface area contributed by atoms with E-state index in [0.29, 0.717) is 6.54 Å². The average Bonchev–Trinajstić information content (AvgIpc) is 2.14. The van der Waals surface area contributed by atoms with Gasteiger partial charge < -0.3 is 15.2 Å². The summed E-state index contributed by atoms with van der Waals surface area (Å²) in [6.07, 6.45) is 3.74. The van der Waals surface area contributed by atoms with Crippen LogP contribution in [0.25, 0.3) is 0 Å². The molecule has 0 unspecified atom stereocenters. The monoisotopic (exact) mass is 215 g/mol. The highest BCUT2D eigenvalue weighted by atomic mass is 16.5. The van der Waals surface area contributed by atoms with Crippen LogP contribution < -0.4 is 5.32 Å². The van der Waals surface area contributed by atoms with E-state index < -0.39 is 5.97 Å². The van der Waals surface area contributed by atoms with E-state index in [2.05, 4.69) is 19.2 Å². The third-order valence-corrected chi connectivity index (χ3v) is 2.11. The number of carboxylic acids is 1. The standard InChI is InChI=1S/C11H21NO3/c1-11(2,6-8-15-3)9-12-7-4-5-10(13)14/h4-5,12H,6-9H2,1-3H3,(H,13,14)/b5-4+. The number of nitrogens with one attached hydrogen (secondary N) is 1. The molecule has 0 aromatic carbocycles. The van der Waals surface area contributed by atoms with Crippen LogP contribution in [0.3, 0.4) is 0 Å². The summed E-state index contributed by atoms with van der Waals surface area (Å²) in [5.74, 6) is -0.907. The van der Waals surface area contributed by atoms with Crippen molar-refractivity contribution in [1.29, 1.82) is 0 Å². The van der Waals surface area contributed by atoms with Gasteiger partial charge in [0.2, 0.25) is 0 Å². The summed E-state index contributed by atoms with van der Waals surface area (Å²) < 4.78 is 5.02. The molecule has 0 bridgehead atoms. The number of aliphatic carboxylic acids is 1. The molecular formula is C11H21NO3. The second-order valence-electron chi connectivity index (χ2n) is 4.28. The molecule has 0 aromatic heterocycles. The molecule has 0 atom stereocenters. The van der Waals surface area contributed by atoms with Crippen LogP contribution in [0.5, 0.6) is 0 Å². The van der Waals surface area contributed by atoms with Crippen molar-refractivity contribution in [3.8, 4) is 0 Å². The summed E-state index contributed by atoms with van der Waals surface area (Å²) in [5.41, 5.74) is 0.174. The minimum atomic E-state index is -0.907. The molecule has 4 nitrogen and oxygen atoms in total. The summed E-state index contributed by atoms with van der Waals surface area (Å²) in [7, 11) is 1.69. The summed E-state index contributed by atoms with van der Waals surface area (Å²) >= 11 is 0. The molecule has 15 heavy (non-hydrogen) atoms. The van der Waals surface area contributed by atoms with Gasteiger partial charge in [0, 0.05) is 32.9 Å². The fourth-order valence-corrected chi connectivity index (χ4v) is 1.12. The van der Waals surface area contributed by atoms with Gasteiger partial charge in [-0.25, -0.2) is 4.79 Å². The zero-order valence-electron chi connectivity index (χ0n) is 9.75. The smallest absolute Gasteiger partial charge is 0.328 e. The fourth-order valence-electron chi connectivity index (χ4n) is 1.12. The predicted octanol–water partition coefficient (Wildman–Crippen LogP) is 1.28. The third-order valence-electron chi connectivity index (χ3n) is 2.11. The van der Waals surface area contributed by atoms with E-state index in [4.69, 9.17) is 9.84 Å². The Morgan fingerprint density at radius 3 is 2.73 bits per heavy atom. The Morgan fingerprint density at radius 2 is 2.20 bits per heavy atom. The molecule has 0 fully saturated rings. The van der Waals surface area contributed by atoms with Gasteiger partial charge in [0.25, 0.3) is 0 Å². The topological polar surface area (TPSA) is 58.6 Å². The Morgan fingerprint density at radius 1 is 1.53 bits per heavy atom. The highest BCUT2D eigenvalue weighted by Gasteiger charge is 2.16. The van der Waals surface area contributed by atoms with Crippen LogP contribution in [0, 0.1) is 5.41 Å². The van der Waals surface area contributed by atoms with Crippen molar-refractivity contribution >= 4 is 5.97 Å². The van der Waals surface area contributed by atoms with Crippen molar-refractivity contribution < 1.29 is 14.6 Å². The van der Waals surface area contributed by atoms with Crippen LogP contribution in [0.4, 0.5) is 0 Å². The van der Waals surface area contributed by atoms with Crippen LogP contribution in [-0.2, 0) is 9.53 Å². The summed E-state index contributed by atoms with van der Waals surface area (Å²) in [6.45, 7) is 6.49. The van der Waals surface area contributed by atoms with Gasteiger partial charge in [-0.15, -0.1) is 0 Å². The van der Waals surface area contributed by atoms with Crippen molar-refractivity contribution in [3.63, 3.8) is 0 Å². The number of methoxy groups -OCH3 is 1. The Balaban J connectivity index is 3.60. The van der Waals surface area contributed by atoms with Gasteiger partial charge in [-0.2, -0.15) is 0 Å². The largest absolute Gasteiger partial charge is 0.478 e. The third kappa shape index (κ3) is 9.43. The lowest BCUT2D eigenvalue weighted by Crippen LogP contribution is -2.30. The van der Waals surface area contributed by atoms with Crippen molar-refractivity contribution in [2.75, 3.05) is 26.8 Å². The van der Waals surface area contributed by atoms with Crippen molar-refractivity contribution in [2.45, 2.75) is 20.3 Å². The van der Waals surface area contributed by atoms with Crippen LogP contribution in [0.1, 0.15) is 20.3 Å². The van der Waals surface area contributed by atoms with E-state index in [1.54, 1.807) is 13.2 Å². The first-order chi connectivity index (χ1) is 6.98. The van der Waals surface area contributed by atoms with Gasteiger partial charge in [0.1, 0.15) is 0 Å². The van der Waals surface area contributed by atoms with Crippen molar-refractivity contribution in [1.82, 2.24) is 5.32 Å². The number of ether oxygens (including phenoxy) is 1. The summed E-state index contributed by atoms with van der Waals surface area (Å²) in [6, 6.07) is 0. The van der Waals surface area contributed by atoms with Crippen molar-refractivity contribution in [2.24, 2.45) is 5.41 Å². The number of hydrogen-bond donors (Lipinski definition) is 2. The zero-order valence-corrected chi connectivity index (χ0v) is 9.75. The Bertz CT molecular complexity index is 212. The van der Waals surface area contributed by atoms with Crippen molar-refractivity contribution in [3.05, 3.63) is 12.2 Å². The maximum atomic E-state index is 10.2. The van der Waals surface area contributed by atoms with E-state index >= 15 is 0 Å². The minimum absolute atomic E-state index is 0.174. The Kier molecular flexibility index (Phi) is 6.99. The molecule has 0 spiro atoms. The minimum Gasteiger partial charge on any atom is -0.478 e. The molecule has 0 radical (unpaired) electrons. The lowest BCUT2D eigenvalue weighted by atomic mass is 9.90. The van der Waals surface area contributed by atoms with Crippen LogP contribution in [-0.4, -0.2) is 37.9 Å². The normalized spacial score (nSPS) is 12.2. The number of carboxylic acid groups (broad SMARTS) is 1. The molecule has 0 heterocycles. The first-order valence-electron chi connectivity index (χ1n) is 5.07. The van der Waals surface area contributed by atoms with Gasteiger partial charge >= 0.3 is 5.97 Å². The van der Waals surface area contributed by atoms with Crippen LogP contribution >= 0.6 is 0 Å². The van der Waals surface area contributed by atoms with E-state index in [1.807, 2.05) is 0 Å². The summed E-state index contributed by atoms with van der Waals surface area (Å²) in [5, 5.41) is 11.5. The molecule has 0 aliphatic rings. The van der Waals surface area contributed by atoms with Crippen LogP contribution in [0.2, 0.25) is 0 Å². The molecule has 2 N–H and O–H groups in total.